The summed E-state index contributed by atoms with van der Waals surface area (Å²) in [6.45, 7) is 8.01. The van der Waals surface area contributed by atoms with Crippen molar-refractivity contribution in [3.05, 3.63) is 64.2 Å². The topological polar surface area (TPSA) is 32.7 Å². The molecule has 1 fully saturated rings. The van der Waals surface area contributed by atoms with E-state index in [1.54, 1.807) is 0 Å². The molecule has 132 valence electrons. The van der Waals surface area contributed by atoms with Gasteiger partial charge in [-0.2, -0.15) is 0 Å². The molecular weight excluding hydrogens is 322 g/mol. The zero-order chi connectivity index (χ0) is 17.9. The van der Waals surface area contributed by atoms with Crippen LogP contribution >= 0.6 is 0 Å². The van der Waals surface area contributed by atoms with Crippen molar-refractivity contribution in [2.45, 2.75) is 13.8 Å². The molecule has 0 saturated carbocycles. The van der Waals surface area contributed by atoms with Gasteiger partial charge >= 0.3 is 0 Å². The molecule has 1 aliphatic heterocycles. The Bertz CT molecular complexity index is 1100. The lowest BCUT2D eigenvalue weighted by Gasteiger charge is -2.36. The molecule has 2 aromatic carbocycles. The molecule has 0 atom stereocenters. The molecule has 2 aliphatic carbocycles. The van der Waals surface area contributed by atoms with Crippen LogP contribution in [0.3, 0.4) is 0 Å². The average Bonchev–Trinajstić information content (AvgIpc) is 3.02. The van der Waals surface area contributed by atoms with Gasteiger partial charge in [0.25, 0.3) is 0 Å². The summed E-state index contributed by atoms with van der Waals surface area (Å²) in [5.74, 6) is 0.361. The summed E-state index contributed by atoms with van der Waals surface area (Å²) in [7, 11) is 0. The van der Waals surface area contributed by atoms with Gasteiger partial charge < -0.3 is 14.7 Å². The molecule has 0 spiro atoms. The number of nitrogens with zero attached hydrogens (tertiary/aromatic N) is 1. The lowest BCUT2D eigenvalue weighted by Crippen LogP contribution is -2.37. The summed E-state index contributed by atoms with van der Waals surface area (Å²) >= 11 is 0. The molecule has 0 amide bonds. The van der Waals surface area contributed by atoms with Crippen molar-refractivity contribution in [3.63, 3.8) is 0 Å². The second-order valence-electron chi connectivity index (χ2n) is 7.91. The minimum atomic E-state index is -0.0889. The minimum absolute atomic E-state index is 0.0889. The third-order valence-electron chi connectivity index (χ3n) is 5.75. The molecule has 3 nitrogen and oxygen atoms in total. The molecule has 2 aromatic rings. The first kappa shape index (κ1) is 15.7. The largest absolute Gasteiger partial charge is 0.507 e. The van der Waals surface area contributed by atoms with Crippen LogP contribution in [0.5, 0.6) is 5.75 Å². The number of hydrogen-bond acceptors (Lipinski definition) is 3. The van der Waals surface area contributed by atoms with E-state index in [0.717, 1.165) is 42.3 Å². The highest BCUT2D eigenvalue weighted by Crippen LogP contribution is 2.42. The second-order valence-corrected chi connectivity index (χ2v) is 7.91. The number of phenols is 1. The highest BCUT2D eigenvalue weighted by atomic mass is 16.5. The molecule has 3 heteroatoms. The highest BCUT2D eigenvalue weighted by Gasteiger charge is 2.32. The van der Waals surface area contributed by atoms with E-state index in [4.69, 9.17) is 4.74 Å². The number of ether oxygens (including phenoxy) is 1. The Hall–Kier alpha value is -2.52. The Morgan fingerprint density at radius 2 is 1.77 bits per heavy atom. The smallest absolute Gasteiger partial charge is 0.124 e. The third-order valence-corrected chi connectivity index (χ3v) is 5.75. The summed E-state index contributed by atoms with van der Waals surface area (Å²) in [4.78, 5) is 2.42. The van der Waals surface area contributed by atoms with Gasteiger partial charge in [0, 0.05) is 29.6 Å². The van der Waals surface area contributed by atoms with Gasteiger partial charge in [-0.05, 0) is 45.2 Å². The molecule has 1 N–H and O–H groups in total. The van der Waals surface area contributed by atoms with Gasteiger partial charge in [0.05, 0.1) is 13.2 Å². The van der Waals surface area contributed by atoms with Crippen LogP contribution in [0.1, 0.15) is 13.8 Å². The first-order valence-electron chi connectivity index (χ1n) is 9.29. The van der Waals surface area contributed by atoms with Gasteiger partial charge in [-0.1, -0.05) is 44.2 Å². The van der Waals surface area contributed by atoms with Crippen LogP contribution in [0.2, 0.25) is 0 Å². The van der Waals surface area contributed by atoms with Gasteiger partial charge in [-0.3, -0.25) is 0 Å². The number of phenolic OH excluding ortho intramolecular Hbond substituents is 1. The number of aromatic hydroxyl groups is 1. The predicted molar refractivity (Wildman–Crippen MR) is 105 cm³/mol. The van der Waals surface area contributed by atoms with Crippen molar-refractivity contribution in [1.29, 1.82) is 0 Å². The molecule has 1 heterocycles. The molecule has 1 saturated heterocycles. The number of benzene rings is 2. The highest BCUT2D eigenvalue weighted by molar-refractivity contribution is 5.96. The van der Waals surface area contributed by atoms with Crippen molar-refractivity contribution < 1.29 is 9.84 Å². The van der Waals surface area contributed by atoms with Crippen LogP contribution in [0.15, 0.2) is 53.8 Å². The fraction of sp³-hybridized carbons (Fsp3) is 0.304. The molecule has 0 unspecified atom stereocenters. The fourth-order valence-corrected chi connectivity index (χ4v) is 4.60. The van der Waals surface area contributed by atoms with Crippen LogP contribution in [0, 0.1) is 5.41 Å². The normalized spacial score (nSPS) is 21.0. The summed E-state index contributed by atoms with van der Waals surface area (Å²) < 4.78 is 5.51. The Morgan fingerprint density at radius 3 is 2.54 bits per heavy atom. The first-order chi connectivity index (χ1) is 12.5. The van der Waals surface area contributed by atoms with E-state index in [1.165, 1.54) is 22.1 Å². The van der Waals surface area contributed by atoms with Gasteiger partial charge in [-0.15, -0.1) is 0 Å². The second kappa shape index (κ2) is 5.49. The lowest BCUT2D eigenvalue weighted by molar-refractivity contribution is 0.0548. The van der Waals surface area contributed by atoms with Crippen LogP contribution in [-0.2, 0) is 4.74 Å². The number of hydrogen-bond donors (Lipinski definition) is 1. The average molecular weight is 345 g/mol. The standard InChI is InChI=1S/C23H23NO2/c1-23(2)14-16(24-7-9-26-10-8-24)11-15-12-19-17-5-3-4-6-18(17)21(25)13-20(19)22(15)23/h3-6,11-14,25H,7-10H2,1-2H3. The van der Waals surface area contributed by atoms with Gasteiger partial charge in [0.1, 0.15) is 5.75 Å². The Morgan fingerprint density at radius 1 is 1.04 bits per heavy atom. The van der Waals surface area contributed by atoms with E-state index >= 15 is 0 Å². The molecule has 5 rings (SSSR count). The van der Waals surface area contributed by atoms with Crippen molar-refractivity contribution >= 4 is 22.4 Å². The number of morpholine rings is 1. The maximum atomic E-state index is 10.6. The van der Waals surface area contributed by atoms with E-state index in [9.17, 15) is 5.11 Å². The third kappa shape index (κ3) is 2.24. The molecule has 0 bridgehead atoms. The van der Waals surface area contributed by atoms with E-state index in [1.807, 2.05) is 24.3 Å². The maximum absolute atomic E-state index is 10.6. The monoisotopic (exact) mass is 345 g/mol. The van der Waals surface area contributed by atoms with Gasteiger partial charge in [0.2, 0.25) is 0 Å². The zero-order valence-corrected chi connectivity index (χ0v) is 15.2. The van der Waals surface area contributed by atoms with Crippen molar-refractivity contribution in [2.24, 2.45) is 5.41 Å². The molecular formula is C23H23NO2. The van der Waals surface area contributed by atoms with E-state index in [2.05, 4.69) is 43.0 Å². The van der Waals surface area contributed by atoms with E-state index in [-0.39, 0.29) is 5.41 Å². The van der Waals surface area contributed by atoms with Crippen LogP contribution < -0.4 is 10.4 Å². The van der Waals surface area contributed by atoms with Crippen LogP contribution in [0.25, 0.3) is 22.4 Å². The van der Waals surface area contributed by atoms with Crippen molar-refractivity contribution in [3.8, 4) is 5.75 Å². The Kier molecular flexibility index (Phi) is 3.32. The lowest BCUT2D eigenvalue weighted by atomic mass is 9.76. The molecule has 26 heavy (non-hydrogen) atoms. The maximum Gasteiger partial charge on any atom is 0.124 e. The summed E-state index contributed by atoms with van der Waals surface area (Å²) in [5, 5.41) is 15.0. The summed E-state index contributed by atoms with van der Waals surface area (Å²) in [6, 6.07) is 10.1. The Labute approximate surface area is 153 Å². The number of rotatable bonds is 1. The first-order valence-corrected chi connectivity index (χ1v) is 9.29. The number of allylic oxidation sites excluding steroid dienone is 3. The number of fused-ring (bicyclic) bond motifs is 4. The molecule has 0 aromatic heterocycles. The quantitative estimate of drug-likeness (QED) is 0.863. The Balaban J connectivity index is 1.76. The fourth-order valence-electron chi connectivity index (χ4n) is 4.60. The van der Waals surface area contributed by atoms with Gasteiger partial charge in [-0.25, -0.2) is 0 Å². The van der Waals surface area contributed by atoms with Crippen molar-refractivity contribution in [2.75, 3.05) is 26.3 Å². The predicted octanol–water partition coefficient (Wildman–Crippen LogP) is 2.67. The van der Waals surface area contributed by atoms with Crippen molar-refractivity contribution in [1.82, 2.24) is 4.90 Å². The van der Waals surface area contributed by atoms with Gasteiger partial charge in [0.15, 0.2) is 0 Å². The molecule has 0 radical (unpaired) electrons. The zero-order valence-electron chi connectivity index (χ0n) is 15.2. The minimum Gasteiger partial charge on any atom is -0.507 e. The molecule has 3 aliphatic rings. The summed E-state index contributed by atoms with van der Waals surface area (Å²) in [5.41, 5.74) is 3.78. The van der Waals surface area contributed by atoms with E-state index in [0.29, 0.717) is 5.75 Å². The summed E-state index contributed by atoms with van der Waals surface area (Å²) in [6.07, 6.45) is 6.96. The van der Waals surface area contributed by atoms with E-state index < -0.39 is 0 Å². The van der Waals surface area contributed by atoms with Crippen LogP contribution in [0.4, 0.5) is 0 Å². The van der Waals surface area contributed by atoms with Crippen LogP contribution in [-0.4, -0.2) is 36.3 Å². The SMILES string of the molecule is CC1(C)C=C(N2CCOCC2)C=C2C=c3c(cc(O)c4ccccc34)=C21.